The topological polar surface area (TPSA) is 64.1 Å². The average Bonchev–Trinajstić information content (AvgIpc) is 2.61. The van der Waals surface area contributed by atoms with Gasteiger partial charge in [0.15, 0.2) is 16.6 Å². The fraction of sp³-hybridized carbons (Fsp3) is 0.176. The first-order valence-electron chi connectivity index (χ1n) is 7.13. The molecule has 0 aliphatic rings. The molecule has 0 saturated heterocycles. The molecule has 7 heteroatoms. The fourth-order valence-electron chi connectivity index (χ4n) is 2.07. The number of hydrogen-bond acceptors (Lipinski definition) is 5. The maximum Gasteiger partial charge on any atom is 0.191 e. The van der Waals surface area contributed by atoms with Crippen molar-refractivity contribution in [3.63, 3.8) is 0 Å². The van der Waals surface area contributed by atoms with E-state index >= 15 is 0 Å². The van der Waals surface area contributed by atoms with E-state index in [-0.39, 0.29) is 0 Å². The maximum atomic E-state index is 5.34. The van der Waals surface area contributed by atoms with Gasteiger partial charge in [-0.25, -0.2) is 0 Å². The predicted molar refractivity (Wildman–Crippen MR) is 99.5 cm³/mol. The van der Waals surface area contributed by atoms with Crippen molar-refractivity contribution in [1.82, 2.24) is 5.43 Å². The molecule has 0 aromatic heterocycles. The molecule has 0 amide bonds. The number of thiocarbonyl (C=S) groups is 1. The quantitative estimate of drug-likeness (QED) is 0.477. The van der Waals surface area contributed by atoms with E-state index in [1.807, 2.05) is 42.5 Å². The van der Waals surface area contributed by atoms with E-state index in [9.17, 15) is 0 Å². The van der Waals surface area contributed by atoms with Crippen LogP contribution in [0.25, 0.3) is 0 Å². The molecule has 0 aliphatic carbocycles. The van der Waals surface area contributed by atoms with Crippen molar-refractivity contribution in [3.8, 4) is 17.2 Å². The smallest absolute Gasteiger partial charge is 0.191 e. The first kappa shape index (κ1) is 17.6. The zero-order valence-electron chi connectivity index (χ0n) is 13.7. The Hall–Kier alpha value is -2.80. The molecule has 0 aliphatic heterocycles. The number of benzene rings is 2. The summed E-state index contributed by atoms with van der Waals surface area (Å²) in [7, 11) is 4.77. The molecular weight excluding hydrogens is 326 g/mol. The van der Waals surface area contributed by atoms with Crippen molar-refractivity contribution in [2.45, 2.75) is 0 Å². The summed E-state index contributed by atoms with van der Waals surface area (Å²) < 4.78 is 15.8. The number of nitrogens with zero attached hydrogens (tertiary/aromatic N) is 1. The Bertz CT molecular complexity index is 735. The largest absolute Gasteiger partial charge is 0.495 e. The van der Waals surface area contributed by atoms with Crippen molar-refractivity contribution in [2.24, 2.45) is 5.10 Å². The highest BCUT2D eigenvalue weighted by Crippen LogP contribution is 2.29. The van der Waals surface area contributed by atoms with Gasteiger partial charge in [-0.05, 0) is 36.5 Å². The summed E-state index contributed by atoms with van der Waals surface area (Å²) in [6.45, 7) is 0. The van der Waals surface area contributed by atoms with Crippen molar-refractivity contribution in [3.05, 3.63) is 48.0 Å². The highest BCUT2D eigenvalue weighted by molar-refractivity contribution is 7.80. The van der Waals surface area contributed by atoms with Crippen LogP contribution in [0.5, 0.6) is 17.2 Å². The summed E-state index contributed by atoms with van der Waals surface area (Å²) in [5.74, 6) is 1.94. The Morgan fingerprint density at radius 3 is 2.38 bits per heavy atom. The van der Waals surface area contributed by atoms with E-state index in [4.69, 9.17) is 26.4 Å². The van der Waals surface area contributed by atoms with E-state index in [2.05, 4.69) is 15.8 Å². The molecule has 0 radical (unpaired) electrons. The summed E-state index contributed by atoms with van der Waals surface area (Å²) in [4.78, 5) is 0. The molecule has 0 bridgehead atoms. The van der Waals surface area contributed by atoms with Gasteiger partial charge in [0.2, 0.25) is 0 Å². The lowest BCUT2D eigenvalue weighted by Crippen LogP contribution is -2.24. The minimum atomic E-state index is 0.345. The number of para-hydroxylation sites is 3. The molecule has 6 nitrogen and oxygen atoms in total. The summed E-state index contributed by atoms with van der Waals surface area (Å²) in [6.07, 6.45) is 1.61. The van der Waals surface area contributed by atoms with Crippen LogP contribution < -0.4 is 25.0 Å². The monoisotopic (exact) mass is 345 g/mol. The molecule has 0 atom stereocenters. The molecule has 2 aromatic carbocycles. The highest BCUT2D eigenvalue weighted by atomic mass is 32.1. The Morgan fingerprint density at radius 1 is 0.958 bits per heavy atom. The van der Waals surface area contributed by atoms with E-state index in [1.54, 1.807) is 27.5 Å². The van der Waals surface area contributed by atoms with Crippen LogP contribution in [0, 0.1) is 0 Å². The van der Waals surface area contributed by atoms with Gasteiger partial charge in [-0.1, -0.05) is 18.2 Å². The van der Waals surface area contributed by atoms with Crippen molar-refractivity contribution in [1.29, 1.82) is 0 Å². The molecule has 2 rings (SSSR count). The second-order valence-electron chi connectivity index (χ2n) is 4.61. The van der Waals surface area contributed by atoms with Gasteiger partial charge in [-0.3, -0.25) is 5.43 Å². The third-order valence-electron chi connectivity index (χ3n) is 3.16. The van der Waals surface area contributed by atoms with Gasteiger partial charge in [0.05, 0.1) is 33.2 Å². The van der Waals surface area contributed by atoms with Crippen molar-refractivity contribution in [2.75, 3.05) is 26.6 Å². The number of anilines is 1. The number of rotatable bonds is 6. The summed E-state index contributed by atoms with van der Waals surface area (Å²) in [5, 5.41) is 7.49. The third-order valence-corrected chi connectivity index (χ3v) is 3.35. The Balaban J connectivity index is 2.03. The number of nitrogens with one attached hydrogen (secondary N) is 2. The van der Waals surface area contributed by atoms with Crippen LogP contribution in [0.1, 0.15) is 5.56 Å². The Morgan fingerprint density at radius 2 is 1.67 bits per heavy atom. The molecule has 0 heterocycles. The SMILES string of the molecule is COc1ccccc1NC(=S)N/N=C/c1cccc(OC)c1OC. The lowest BCUT2D eigenvalue weighted by molar-refractivity contribution is 0.354. The highest BCUT2D eigenvalue weighted by Gasteiger charge is 2.07. The number of hydrazone groups is 1. The standard InChI is InChI=1S/C17H19N3O3S/c1-21-14-9-5-4-8-13(14)19-17(24)20-18-11-12-7-6-10-15(22-2)16(12)23-3/h4-11H,1-3H3,(H2,19,20,24)/b18-11+. The third kappa shape index (κ3) is 4.36. The van der Waals surface area contributed by atoms with Crippen LogP contribution in [0.15, 0.2) is 47.6 Å². The van der Waals surface area contributed by atoms with Gasteiger partial charge in [0.1, 0.15) is 5.75 Å². The Kier molecular flexibility index (Phi) is 6.39. The van der Waals surface area contributed by atoms with E-state index in [0.717, 1.165) is 11.3 Å². The fourth-order valence-corrected chi connectivity index (χ4v) is 2.23. The molecule has 126 valence electrons. The molecule has 2 aromatic rings. The van der Waals surface area contributed by atoms with Gasteiger partial charge >= 0.3 is 0 Å². The van der Waals surface area contributed by atoms with Crippen LogP contribution in [0.4, 0.5) is 5.69 Å². The van der Waals surface area contributed by atoms with E-state index < -0.39 is 0 Å². The number of methoxy groups -OCH3 is 3. The van der Waals surface area contributed by atoms with Gasteiger partial charge in [-0.15, -0.1) is 0 Å². The van der Waals surface area contributed by atoms with Crippen LogP contribution >= 0.6 is 12.2 Å². The zero-order valence-corrected chi connectivity index (χ0v) is 14.5. The van der Waals surface area contributed by atoms with E-state index in [0.29, 0.717) is 22.4 Å². The zero-order chi connectivity index (χ0) is 17.4. The molecule has 24 heavy (non-hydrogen) atoms. The number of ether oxygens (including phenoxy) is 3. The van der Waals surface area contributed by atoms with Crippen molar-refractivity contribution < 1.29 is 14.2 Å². The second-order valence-corrected chi connectivity index (χ2v) is 5.02. The first-order valence-corrected chi connectivity index (χ1v) is 7.54. The van der Waals surface area contributed by atoms with Crippen LogP contribution in [0.2, 0.25) is 0 Å². The van der Waals surface area contributed by atoms with Crippen LogP contribution in [-0.2, 0) is 0 Å². The van der Waals surface area contributed by atoms with Crippen LogP contribution in [-0.4, -0.2) is 32.7 Å². The van der Waals surface area contributed by atoms with Gasteiger partial charge in [0.25, 0.3) is 0 Å². The number of hydrogen-bond donors (Lipinski definition) is 2. The molecule has 0 spiro atoms. The van der Waals surface area contributed by atoms with Crippen molar-refractivity contribution >= 4 is 29.2 Å². The molecular formula is C17H19N3O3S. The molecule has 0 saturated carbocycles. The minimum absolute atomic E-state index is 0.345. The molecule has 0 unspecified atom stereocenters. The first-order chi connectivity index (χ1) is 11.7. The molecule has 2 N–H and O–H groups in total. The second kappa shape index (κ2) is 8.73. The lowest BCUT2D eigenvalue weighted by Gasteiger charge is -2.11. The van der Waals surface area contributed by atoms with Gasteiger partial charge in [0, 0.05) is 5.56 Å². The predicted octanol–water partition coefficient (Wildman–Crippen LogP) is 3.03. The average molecular weight is 345 g/mol. The maximum absolute atomic E-state index is 5.34. The summed E-state index contributed by atoms with van der Waals surface area (Å²) >= 11 is 5.22. The summed E-state index contributed by atoms with van der Waals surface area (Å²) in [6, 6.07) is 13.0. The lowest BCUT2D eigenvalue weighted by atomic mass is 10.2. The van der Waals surface area contributed by atoms with E-state index in [1.165, 1.54) is 0 Å². The normalized spacial score (nSPS) is 10.3. The van der Waals surface area contributed by atoms with Crippen LogP contribution in [0.3, 0.4) is 0 Å². The van der Waals surface area contributed by atoms with Gasteiger partial charge < -0.3 is 19.5 Å². The minimum Gasteiger partial charge on any atom is -0.495 e. The van der Waals surface area contributed by atoms with Gasteiger partial charge in [-0.2, -0.15) is 5.10 Å². The Labute approximate surface area is 146 Å². The molecule has 0 fully saturated rings. The summed E-state index contributed by atoms with van der Waals surface area (Å²) in [5.41, 5.74) is 4.28.